The first-order valence-corrected chi connectivity index (χ1v) is 10.6. The zero-order chi connectivity index (χ0) is 21.1. The highest BCUT2D eigenvalue weighted by atomic mass is 32.2. The highest BCUT2D eigenvalue weighted by molar-refractivity contribution is 7.89. The Morgan fingerprint density at radius 1 is 1.18 bits per heavy atom. The van der Waals surface area contributed by atoms with Gasteiger partial charge >= 0.3 is 6.03 Å². The fourth-order valence-electron chi connectivity index (χ4n) is 3.02. The highest BCUT2D eigenvalue weighted by Gasteiger charge is 2.35. The van der Waals surface area contributed by atoms with Gasteiger partial charge in [-0.25, -0.2) is 17.6 Å². The Morgan fingerprint density at radius 2 is 1.75 bits per heavy atom. The molecule has 0 aliphatic carbocycles. The molecular formula is C18H28FN4O4S+. The van der Waals surface area contributed by atoms with Crippen LogP contribution in [0.15, 0.2) is 29.2 Å². The summed E-state index contributed by atoms with van der Waals surface area (Å²) in [7, 11) is -3.92. The molecule has 1 fully saturated rings. The lowest BCUT2D eigenvalue weighted by Gasteiger charge is -2.34. The lowest BCUT2D eigenvalue weighted by Crippen LogP contribution is -3.19. The normalized spacial score (nSPS) is 17.8. The van der Waals surface area contributed by atoms with Crippen LogP contribution in [0.4, 0.5) is 9.18 Å². The quantitative estimate of drug-likeness (QED) is 0.630. The van der Waals surface area contributed by atoms with Crippen LogP contribution in [-0.4, -0.2) is 62.4 Å². The molecule has 0 bridgehead atoms. The molecular weight excluding hydrogens is 387 g/mol. The zero-order valence-electron chi connectivity index (χ0n) is 16.6. The first kappa shape index (κ1) is 22.3. The Balaban J connectivity index is 1.95. The molecule has 3 N–H and O–H groups in total. The van der Waals surface area contributed by atoms with Crippen LogP contribution in [0.1, 0.15) is 27.7 Å². The third kappa shape index (κ3) is 5.49. The predicted octanol–water partition coefficient (Wildman–Crippen LogP) is -0.272. The Hall–Kier alpha value is -2.04. The first-order chi connectivity index (χ1) is 12.9. The summed E-state index contributed by atoms with van der Waals surface area (Å²) in [6, 6.07) is 4.18. The van der Waals surface area contributed by atoms with E-state index in [0.717, 1.165) is 11.0 Å². The molecule has 0 aromatic heterocycles. The van der Waals surface area contributed by atoms with Gasteiger partial charge in [-0.05, 0) is 39.8 Å². The minimum absolute atomic E-state index is 0.164. The van der Waals surface area contributed by atoms with Gasteiger partial charge < -0.3 is 10.2 Å². The van der Waals surface area contributed by atoms with Crippen molar-refractivity contribution in [2.24, 2.45) is 0 Å². The monoisotopic (exact) mass is 415 g/mol. The molecule has 0 saturated carbocycles. The summed E-state index contributed by atoms with van der Waals surface area (Å²) < 4.78 is 40.4. The highest BCUT2D eigenvalue weighted by Crippen LogP contribution is 2.18. The molecule has 1 atom stereocenters. The second-order valence-corrected chi connectivity index (χ2v) is 9.81. The third-order valence-corrected chi connectivity index (χ3v) is 6.48. The van der Waals surface area contributed by atoms with Gasteiger partial charge in [0, 0.05) is 5.54 Å². The number of rotatable bonds is 4. The van der Waals surface area contributed by atoms with Crippen LogP contribution >= 0.6 is 0 Å². The van der Waals surface area contributed by atoms with Crippen molar-refractivity contribution < 1.29 is 27.3 Å². The number of nitrogens with one attached hydrogen (secondary N) is 3. The second-order valence-electron chi connectivity index (χ2n) is 7.91. The molecule has 0 radical (unpaired) electrons. The van der Waals surface area contributed by atoms with Gasteiger partial charge in [-0.15, -0.1) is 0 Å². The maximum atomic E-state index is 13.9. The number of carbonyl (C=O) groups excluding carboxylic acids is 2. The summed E-state index contributed by atoms with van der Waals surface area (Å²) in [5.74, 6) is -1.21. The lowest BCUT2D eigenvalue weighted by atomic mass is 10.1. The molecule has 0 unspecified atom stereocenters. The van der Waals surface area contributed by atoms with Crippen molar-refractivity contribution in [2.75, 3.05) is 26.2 Å². The van der Waals surface area contributed by atoms with Crippen molar-refractivity contribution in [3.8, 4) is 0 Å². The van der Waals surface area contributed by atoms with Crippen LogP contribution in [0.5, 0.6) is 0 Å². The zero-order valence-corrected chi connectivity index (χ0v) is 17.4. The van der Waals surface area contributed by atoms with Crippen LogP contribution in [-0.2, 0) is 14.8 Å². The maximum Gasteiger partial charge on any atom is 0.322 e. The summed E-state index contributed by atoms with van der Waals surface area (Å²) in [4.78, 5) is 24.7. The van der Waals surface area contributed by atoms with E-state index in [0.29, 0.717) is 13.1 Å². The molecule has 156 valence electrons. The maximum absolute atomic E-state index is 13.9. The van der Waals surface area contributed by atoms with Crippen LogP contribution in [0.25, 0.3) is 0 Å². The molecule has 0 spiro atoms. The summed E-state index contributed by atoms with van der Waals surface area (Å²) in [6.45, 7) is 8.20. The number of amides is 3. The average molecular weight is 416 g/mol. The largest absolute Gasteiger partial charge is 0.333 e. The number of quaternary nitrogens is 1. The predicted molar refractivity (Wildman–Crippen MR) is 102 cm³/mol. The number of nitrogens with zero attached hydrogens (tertiary/aromatic N) is 1. The SMILES string of the molecule is C[C@@H](C(=O)NC(=O)NC(C)(C)C)[NH+]1CCN(S(=O)(=O)c2ccccc2F)CC1. The Labute approximate surface area is 165 Å². The number of hydrogen-bond acceptors (Lipinski definition) is 4. The molecule has 1 aromatic carbocycles. The number of piperazine rings is 1. The van der Waals surface area contributed by atoms with E-state index in [1.165, 1.54) is 22.5 Å². The number of carbonyl (C=O) groups is 2. The summed E-state index contributed by atoms with van der Waals surface area (Å²) in [6.07, 6.45) is 0. The van der Waals surface area contributed by atoms with Gasteiger partial charge in [-0.3, -0.25) is 10.1 Å². The molecule has 28 heavy (non-hydrogen) atoms. The number of imide groups is 1. The molecule has 10 heteroatoms. The van der Waals surface area contributed by atoms with E-state index in [1.54, 1.807) is 27.7 Å². The van der Waals surface area contributed by atoms with Gasteiger partial charge in [0.25, 0.3) is 5.91 Å². The van der Waals surface area contributed by atoms with Crippen molar-refractivity contribution in [2.45, 2.75) is 44.2 Å². The van der Waals surface area contributed by atoms with Crippen LogP contribution in [0.3, 0.4) is 0 Å². The van der Waals surface area contributed by atoms with E-state index in [4.69, 9.17) is 0 Å². The fraction of sp³-hybridized carbons (Fsp3) is 0.556. The van der Waals surface area contributed by atoms with E-state index in [1.807, 2.05) is 0 Å². The molecule has 1 saturated heterocycles. The van der Waals surface area contributed by atoms with Crippen molar-refractivity contribution in [1.29, 1.82) is 0 Å². The minimum Gasteiger partial charge on any atom is -0.333 e. The van der Waals surface area contributed by atoms with E-state index < -0.39 is 39.4 Å². The number of benzene rings is 1. The number of halogens is 1. The van der Waals surface area contributed by atoms with E-state index in [-0.39, 0.29) is 18.0 Å². The minimum atomic E-state index is -3.92. The van der Waals surface area contributed by atoms with Crippen molar-refractivity contribution in [3.63, 3.8) is 0 Å². The topological polar surface area (TPSA) is 100 Å². The third-order valence-electron chi connectivity index (χ3n) is 4.55. The van der Waals surface area contributed by atoms with Gasteiger partial charge in [0.2, 0.25) is 10.0 Å². The summed E-state index contributed by atoms with van der Waals surface area (Å²) in [5.41, 5.74) is -0.465. The Bertz CT molecular complexity index is 830. The summed E-state index contributed by atoms with van der Waals surface area (Å²) >= 11 is 0. The van der Waals surface area contributed by atoms with E-state index in [9.17, 15) is 22.4 Å². The van der Waals surface area contributed by atoms with Gasteiger partial charge in [-0.1, -0.05) is 12.1 Å². The Kier molecular flexibility index (Phi) is 6.79. The first-order valence-electron chi connectivity index (χ1n) is 9.14. The molecule has 1 aliphatic rings. The fourth-order valence-corrected chi connectivity index (χ4v) is 4.52. The van der Waals surface area contributed by atoms with Gasteiger partial charge in [0.15, 0.2) is 6.04 Å². The molecule has 1 aliphatic heterocycles. The van der Waals surface area contributed by atoms with Gasteiger partial charge in [0.1, 0.15) is 10.7 Å². The molecule has 8 nitrogen and oxygen atoms in total. The Morgan fingerprint density at radius 3 is 2.29 bits per heavy atom. The van der Waals surface area contributed by atoms with E-state index in [2.05, 4.69) is 10.6 Å². The van der Waals surface area contributed by atoms with E-state index >= 15 is 0 Å². The van der Waals surface area contributed by atoms with Crippen LogP contribution < -0.4 is 15.5 Å². The molecule has 1 heterocycles. The van der Waals surface area contributed by atoms with Crippen molar-refractivity contribution in [1.82, 2.24) is 14.9 Å². The second kappa shape index (κ2) is 8.54. The van der Waals surface area contributed by atoms with Gasteiger partial charge in [-0.2, -0.15) is 4.31 Å². The van der Waals surface area contributed by atoms with Crippen LogP contribution in [0.2, 0.25) is 0 Å². The number of hydrogen-bond donors (Lipinski definition) is 3. The average Bonchev–Trinajstić information content (AvgIpc) is 2.59. The summed E-state index contributed by atoms with van der Waals surface area (Å²) in [5, 5.41) is 4.97. The lowest BCUT2D eigenvalue weighted by molar-refractivity contribution is -0.917. The molecule has 1 aromatic rings. The standard InChI is InChI=1S/C18H27FN4O4S/c1-13(16(24)20-17(25)21-18(2,3)4)22-9-11-23(12-10-22)28(26,27)15-8-6-5-7-14(15)19/h5-8,13H,9-12H2,1-4H3,(H2,20,21,24,25)/p+1/t13-/m0/s1. The van der Waals surface area contributed by atoms with Crippen molar-refractivity contribution in [3.05, 3.63) is 30.1 Å². The number of sulfonamides is 1. The smallest absolute Gasteiger partial charge is 0.322 e. The van der Waals surface area contributed by atoms with Crippen LogP contribution in [0, 0.1) is 5.82 Å². The van der Waals surface area contributed by atoms with Crippen molar-refractivity contribution >= 4 is 22.0 Å². The molecule has 2 rings (SSSR count). The number of urea groups is 1. The molecule has 3 amide bonds. The van der Waals surface area contributed by atoms with Gasteiger partial charge in [0.05, 0.1) is 26.2 Å².